The van der Waals surface area contributed by atoms with E-state index in [0.29, 0.717) is 17.1 Å². The van der Waals surface area contributed by atoms with Crippen LogP contribution in [0.3, 0.4) is 0 Å². The Morgan fingerprint density at radius 3 is 2.58 bits per heavy atom. The average molecular weight is 275 g/mol. The first-order valence-electron chi connectivity index (χ1n) is 5.94. The van der Waals surface area contributed by atoms with Gasteiger partial charge in [0.1, 0.15) is 0 Å². The standard InChI is InChI=1S/C13H17N5S/c1-9-6-5-7-10(8-9)19-13-16-11(14-2)15-12(17-13)18(3)4/h5-8H,1-4H3,(H,14,15,16,17). The lowest BCUT2D eigenvalue weighted by Crippen LogP contribution is -2.15. The Morgan fingerprint density at radius 1 is 1.16 bits per heavy atom. The molecule has 0 unspecified atom stereocenters. The summed E-state index contributed by atoms with van der Waals surface area (Å²) < 4.78 is 0. The van der Waals surface area contributed by atoms with Crippen LogP contribution >= 0.6 is 11.8 Å². The number of hydrogen-bond acceptors (Lipinski definition) is 6. The predicted molar refractivity (Wildman–Crippen MR) is 79.0 cm³/mol. The summed E-state index contributed by atoms with van der Waals surface area (Å²) in [5.74, 6) is 1.23. The van der Waals surface area contributed by atoms with Crippen LogP contribution in [-0.2, 0) is 0 Å². The van der Waals surface area contributed by atoms with Crippen LogP contribution in [0, 0.1) is 6.92 Å². The molecule has 0 bridgehead atoms. The van der Waals surface area contributed by atoms with Gasteiger partial charge in [-0.15, -0.1) is 0 Å². The zero-order valence-corrected chi connectivity index (χ0v) is 12.3. The van der Waals surface area contributed by atoms with Gasteiger partial charge in [-0.1, -0.05) is 17.7 Å². The van der Waals surface area contributed by atoms with Crippen LogP contribution in [0.15, 0.2) is 34.3 Å². The minimum Gasteiger partial charge on any atom is -0.357 e. The molecule has 19 heavy (non-hydrogen) atoms. The molecule has 6 heteroatoms. The Labute approximate surface area is 117 Å². The summed E-state index contributed by atoms with van der Waals surface area (Å²) in [5.41, 5.74) is 1.22. The molecule has 0 aliphatic heterocycles. The van der Waals surface area contributed by atoms with E-state index >= 15 is 0 Å². The Bertz CT molecular complexity index is 571. The van der Waals surface area contributed by atoms with Crippen molar-refractivity contribution in [2.24, 2.45) is 0 Å². The van der Waals surface area contributed by atoms with E-state index in [0.717, 1.165) is 4.90 Å². The van der Waals surface area contributed by atoms with E-state index in [4.69, 9.17) is 0 Å². The molecule has 0 fully saturated rings. The van der Waals surface area contributed by atoms with Gasteiger partial charge in [0.2, 0.25) is 11.9 Å². The first kappa shape index (κ1) is 13.6. The molecule has 0 saturated carbocycles. The van der Waals surface area contributed by atoms with E-state index in [1.165, 1.54) is 17.3 Å². The third kappa shape index (κ3) is 3.57. The highest BCUT2D eigenvalue weighted by Crippen LogP contribution is 2.26. The molecule has 1 N–H and O–H groups in total. The minimum absolute atomic E-state index is 0.578. The number of aryl methyl sites for hydroxylation is 1. The molecule has 0 radical (unpaired) electrons. The summed E-state index contributed by atoms with van der Waals surface area (Å²) in [6, 6.07) is 8.27. The van der Waals surface area contributed by atoms with Crippen LogP contribution in [0.25, 0.3) is 0 Å². The van der Waals surface area contributed by atoms with Crippen LogP contribution in [0.2, 0.25) is 0 Å². The molecule has 0 amide bonds. The van der Waals surface area contributed by atoms with Gasteiger partial charge in [-0.05, 0) is 30.8 Å². The molecule has 100 valence electrons. The molecular weight excluding hydrogens is 258 g/mol. The number of nitrogens with zero attached hydrogens (tertiary/aromatic N) is 4. The van der Waals surface area contributed by atoms with E-state index in [-0.39, 0.29) is 0 Å². The van der Waals surface area contributed by atoms with E-state index in [1.807, 2.05) is 25.1 Å². The van der Waals surface area contributed by atoms with Gasteiger partial charge in [0.25, 0.3) is 0 Å². The highest BCUT2D eigenvalue weighted by Gasteiger charge is 2.08. The Morgan fingerprint density at radius 2 is 1.95 bits per heavy atom. The molecule has 5 nitrogen and oxygen atoms in total. The molecule has 2 aromatic rings. The maximum absolute atomic E-state index is 4.43. The van der Waals surface area contributed by atoms with E-state index in [1.54, 1.807) is 7.05 Å². The maximum atomic E-state index is 4.43. The molecule has 0 atom stereocenters. The fourth-order valence-electron chi connectivity index (χ4n) is 1.49. The highest BCUT2D eigenvalue weighted by molar-refractivity contribution is 7.99. The second kappa shape index (κ2) is 5.88. The van der Waals surface area contributed by atoms with Crippen molar-refractivity contribution in [2.75, 3.05) is 31.4 Å². The summed E-state index contributed by atoms with van der Waals surface area (Å²) in [6.07, 6.45) is 0. The van der Waals surface area contributed by atoms with Gasteiger partial charge in [0.15, 0.2) is 5.16 Å². The number of hydrogen-bond donors (Lipinski definition) is 1. The summed E-state index contributed by atoms with van der Waals surface area (Å²) in [5, 5.41) is 3.65. The highest BCUT2D eigenvalue weighted by atomic mass is 32.2. The van der Waals surface area contributed by atoms with Crippen LogP contribution < -0.4 is 10.2 Å². The predicted octanol–water partition coefficient (Wildman–Crippen LogP) is 2.44. The van der Waals surface area contributed by atoms with Crippen LogP contribution in [0.5, 0.6) is 0 Å². The smallest absolute Gasteiger partial charge is 0.230 e. The van der Waals surface area contributed by atoms with Gasteiger partial charge < -0.3 is 10.2 Å². The molecule has 2 rings (SSSR count). The van der Waals surface area contributed by atoms with Gasteiger partial charge in [-0.25, -0.2) is 0 Å². The lowest BCUT2D eigenvalue weighted by Gasteiger charge is -2.12. The fraction of sp³-hybridized carbons (Fsp3) is 0.308. The molecule has 0 saturated heterocycles. The van der Waals surface area contributed by atoms with Crippen molar-refractivity contribution in [2.45, 2.75) is 17.0 Å². The largest absolute Gasteiger partial charge is 0.357 e. The van der Waals surface area contributed by atoms with Crippen molar-refractivity contribution in [3.63, 3.8) is 0 Å². The molecule has 1 aromatic heterocycles. The lowest BCUT2D eigenvalue weighted by molar-refractivity contribution is 0.870. The second-order valence-corrected chi connectivity index (χ2v) is 5.35. The molecule has 0 spiro atoms. The summed E-state index contributed by atoms with van der Waals surface area (Å²) >= 11 is 1.53. The van der Waals surface area contributed by atoms with Crippen molar-refractivity contribution < 1.29 is 0 Å². The van der Waals surface area contributed by atoms with Gasteiger partial charge in [0.05, 0.1) is 0 Å². The molecule has 0 aliphatic rings. The van der Waals surface area contributed by atoms with Crippen LogP contribution in [0.1, 0.15) is 5.56 Å². The molecule has 1 aromatic carbocycles. The second-order valence-electron chi connectivity index (χ2n) is 4.30. The lowest BCUT2D eigenvalue weighted by atomic mass is 10.2. The number of anilines is 2. The molecule has 0 aliphatic carbocycles. The van der Waals surface area contributed by atoms with E-state index < -0.39 is 0 Å². The first-order valence-corrected chi connectivity index (χ1v) is 6.76. The van der Waals surface area contributed by atoms with Crippen LogP contribution in [0.4, 0.5) is 11.9 Å². The normalized spacial score (nSPS) is 10.3. The quantitative estimate of drug-likeness (QED) is 0.925. The minimum atomic E-state index is 0.578. The zero-order valence-electron chi connectivity index (χ0n) is 11.5. The third-order valence-corrected chi connectivity index (χ3v) is 3.28. The van der Waals surface area contributed by atoms with Gasteiger partial charge in [0, 0.05) is 26.0 Å². The van der Waals surface area contributed by atoms with E-state index in [2.05, 4.69) is 45.4 Å². The Hall–Kier alpha value is -1.82. The summed E-state index contributed by atoms with van der Waals surface area (Å²) in [7, 11) is 5.63. The van der Waals surface area contributed by atoms with Crippen molar-refractivity contribution in [3.8, 4) is 0 Å². The maximum Gasteiger partial charge on any atom is 0.230 e. The van der Waals surface area contributed by atoms with Gasteiger partial charge in [-0.3, -0.25) is 0 Å². The van der Waals surface area contributed by atoms with Crippen molar-refractivity contribution in [3.05, 3.63) is 29.8 Å². The topological polar surface area (TPSA) is 53.9 Å². The average Bonchev–Trinajstić information content (AvgIpc) is 2.38. The zero-order chi connectivity index (χ0) is 13.8. The number of benzene rings is 1. The number of aromatic nitrogens is 3. The van der Waals surface area contributed by atoms with E-state index in [9.17, 15) is 0 Å². The third-order valence-electron chi connectivity index (χ3n) is 2.43. The number of rotatable bonds is 4. The monoisotopic (exact) mass is 275 g/mol. The van der Waals surface area contributed by atoms with Gasteiger partial charge >= 0.3 is 0 Å². The van der Waals surface area contributed by atoms with Gasteiger partial charge in [-0.2, -0.15) is 15.0 Å². The number of nitrogens with one attached hydrogen (secondary N) is 1. The van der Waals surface area contributed by atoms with Crippen molar-refractivity contribution in [1.29, 1.82) is 0 Å². The van der Waals surface area contributed by atoms with Crippen molar-refractivity contribution >= 4 is 23.7 Å². The fourth-order valence-corrected chi connectivity index (χ4v) is 2.35. The first-order chi connectivity index (χ1) is 9.08. The molecule has 1 heterocycles. The van der Waals surface area contributed by atoms with Crippen molar-refractivity contribution in [1.82, 2.24) is 15.0 Å². The Kier molecular flexibility index (Phi) is 4.21. The molecular formula is C13H17N5S. The summed E-state index contributed by atoms with van der Waals surface area (Å²) in [4.78, 5) is 16.1. The summed E-state index contributed by atoms with van der Waals surface area (Å²) in [6.45, 7) is 2.07. The SMILES string of the molecule is CNc1nc(Sc2cccc(C)c2)nc(N(C)C)n1. The van der Waals surface area contributed by atoms with Crippen LogP contribution in [-0.4, -0.2) is 36.1 Å². The Balaban J connectivity index is 2.31.